The minimum Gasteiger partial charge on any atom is -0.301 e. The molecule has 2 saturated heterocycles. The second-order valence-corrected chi connectivity index (χ2v) is 6.05. The predicted molar refractivity (Wildman–Crippen MR) is 69.7 cm³/mol. The molecule has 1 unspecified atom stereocenters. The third kappa shape index (κ3) is 3.46. The fourth-order valence-electron chi connectivity index (χ4n) is 3.25. The van der Waals surface area contributed by atoms with Gasteiger partial charge in [0.25, 0.3) is 0 Å². The molecule has 2 heterocycles. The van der Waals surface area contributed by atoms with Gasteiger partial charge in [-0.15, -0.1) is 0 Å². The van der Waals surface area contributed by atoms with E-state index in [0.717, 1.165) is 12.0 Å². The second-order valence-electron chi connectivity index (χ2n) is 6.05. The summed E-state index contributed by atoms with van der Waals surface area (Å²) in [7, 11) is 0. The lowest BCUT2D eigenvalue weighted by Crippen LogP contribution is -2.38. The molecule has 94 valence electrons. The Morgan fingerprint density at radius 1 is 1.00 bits per heavy atom. The first kappa shape index (κ1) is 12.4. The molecule has 0 bridgehead atoms. The zero-order chi connectivity index (χ0) is 11.4. The van der Waals surface area contributed by atoms with Gasteiger partial charge in [0.2, 0.25) is 0 Å². The molecule has 1 atom stereocenters. The van der Waals surface area contributed by atoms with Gasteiger partial charge in [0.05, 0.1) is 0 Å². The van der Waals surface area contributed by atoms with E-state index in [1.807, 2.05) is 0 Å². The van der Waals surface area contributed by atoms with Crippen molar-refractivity contribution < 1.29 is 0 Å². The lowest BCUT2D eigenvalue weighted by atomic mass is 10.2. The van der Waals surface area contributed by atoms with Crippen molar-refractivity contribution in [3.8, 4) is 0 Å². The van der Waals surface area contributed by atoms with Crippen LogP contribution in [0, 0.1) is 5.92 Å². The molecule has 2 fully saturated rings. The molecular formula is C14H28N2. The first-order valence-electron chi connectivity index (χ1n) is 7.22. The molecule has 2 heteroatoms. The van der Waals surface area contributed by atoms with Crippen LogP contribution in [0.25, 0.3) is 0 Å². The Labute approximate surface area is 101 Å². The molecule has 0 saturated carbocycles. The van der Waals surface area contributed by atoms with E-state index >= 15 is 0 Å². The molecule has 0 radical (unpaired) electrons. The Morgan fingerprint density at radius 2 is 1.69 bits per heavy atom. The van der Waals surface area contributed by atoms with Crippen LogP contribution in [0.15, 0.2) is 0 Å². The van der Waals surface area contributed by atoms with Crippen LogP contribution in [0.1, 0.15) is 46.0 Å². The van der Waals surface area contributed by atoms with Gasteiger partial charge in [-0.3, -0.25) is 4.90 Å². The third-order valence-electron chi connectivity index (χ3n) is 4.03. The number of nitrogens with zero attached hydrogens (tertiary/aromatic N) is 2. The van der Waals surface area contributed by atoms with Crippen molar-refractivity contribution in [1.82, 2.24) is 9.80 Å². The van der Waals surface area contributed by atoms with Crippen molar-refractivity contribution >= 4 is 0 Å². The van der Waals surface area contributed by atoms with Crippen LogP contribution in [-0.4, -0.2) is 48.6 Å². The Kier molecular flexibility index (Phi) is 4.66. The molecule has 0 amide bonds. The lowest BCUT2D eigenvalue weighted by molar-refractivity contribution is 0.194. The average molecular weight is 224 g/mol. The predicted octanol–water partition coefficient (Wildman–Crippen LogP) is 2.59. The topological polar surface area (TPSA) is 6.48 Å². The fourth-order valence-corrected chi connectivity index (χ4v) is 3.25. The third-order valence-corrected chi connectivity index (χ3v) is 4.03. The van der Waals surface area contributed by atoms with Gasteiger partial charge in [-0.1, -0.05) is 26.7 Å². The average Bonchev–Trinajstić information content (AvgIpc) is 2.53. The molecule has 16 heavy (non-hydrogen) atoms. The number of likely N-dealkylation sites (tertiary alicyclic amines) is 2. The highest BCUT2D eigenvalue weighted by Gasteiger charge is 2.27. The molecular weight excluding hydrogens is 196 g/mol. The molecule has 2 rings (SSSR count). The summed E-state index contributed by atoms with van der Waals surface area (Å²) in [4.78, 5) is 5.44. The largest absolute Gasteiger partial charge is 0.301 e. The Bertz CT molecular complexity index is 195. The highest BCUT2D eigenvalue weighted by atomic mass is 15.3. The summed E-state index contributed by atoms with van der Waals surface area (Å²) >= 11 is 0. The maximum absolute atomic E-state index is 2.77. The summed E-state index contributed by atoms with van der Waals surface area (Å²) in [5.74, 6) is 0.822. The summed E-state index contributed by atoms with van der Waals surface area (Å²) in [5, 5.41) is 0. The van der Waals surface area contributed by atoms with E-state index in [4.69, 9.17) is 0 Å². The van der Waals surface area contributed by atoms with E-state index < -0.39 is 0 Å². The summed E-state index contributed by atoms with van der Waals surface area (Å²) < 4.78 is 0. The number of rotatable bonds is 3. The normalized spacial score (nSPS) is 29.8. The molecule has 0 aromatic heterocycles. The first-order valence-corrected chi connectivity index (χ1v) is 7.22. The molecule has 2 aliphatic rings. The lowest BCUT2D eigenvalue weighted by Gasteiger charge is -2.27. The van der Waals surface area contributed by atoms with Gasteiger partial charge in [-0.05, 0) is 44.8 Å². The van der Waals surface area contributed by atoms with Crippen molar-refractivity contribution in [3.63, 3.8) is 0 Å². The molecule has 0 aromatic carbocycles. The van der Waals surface area contributed by atoms with Gasteiger partial charge in [0.1, 0.15) is 0 Å². The molecule has 2 aliphatic heterocycles. The number of hydrogen-bond donors (Lipinski definition) is 0. The standard InChI is InChI=1S/C14H28N2/c1-13(2)11-15-10-7-14(12-15)16-8-5-3-4-6-9-16/h13-14H,3-12H2,1-2H3. The van der Waals surface area contributed by atoms with Gasteiger partial charge >= 0.3 is 0 Å². The minimum absolute atomic E-state index is 0.822. The molecule has 0 aliphatic carbocycles. The highest BCUT2D eigenvalue weighted by molar-refractivity contribution is 4.84. The van der Waals surface area contributed by atoms with Gasteiger partial charge in [-0.2, -0.15) is 0 Å². The Hall–Kier alpha value is -0.0800. The molecule has 0 aromatic rings. The van der Waals surface area contributed by atoms with Crippen LogP contribution >= 0.6 is 0 Å². The second kappa shape index (κ2) is 6.02. The maximum Gasteiger partial charge on any atom is 0.0235 e. The van der Waals surface area contributed by atoms with Crippen LogP contribution in [0.3, 0.4) is 0 Å². The molecule has 0 N–H and O–H groups in total. The first-order chi connectivity index (χ1) is 7.75. The van der Waals surface area contributed by atoms with Crippen molar-refractivity contribution in [2.24, 2.45) is 5.92 Å². The van der Waals surface area contributed by atoms with Crippen LogP contribution < -0.4 is 0 Å². The van der Waals surface area contributed by atoms with E-state index in [0.29, 0.717) is 0 Å². The van der Waals surface area contributed by atoms with E-state index in [-0.39, 0.29) is 0 Å². The van der Waals surface area contributed by atoms with E-state index in [1.165, 1.54) is 64.8 Å². The SMILES string of the molecule is CC(C)CN1CCC(N2CCCCCC2)C1. The maximum atomic E-state index is 2.77. The van der Waals surface area contributed by atoms with Crippen LogP contribution in [0.4, 0.5) is 0 Å². The fraction of sp³-hybridized carbons (Fsp3) is 1.00. The highest BCUT2D eigenvalue weighted by Crippen LogP contribution is 2.20. The number of hydrogen-bond acceptors (Lipinski definition) is 2. The summed E-state index contributed by atoms with van der Waals surface area (Å²) in [6, 6.07) is 0.872. The van der Waals surface area contributed by atoms with E-state index in [9.17, 15) is 0 Å². The zero-order valence-electron chi connectivity index (χ0n) is 11.1. The van der Waals surface area contributed by atoms with Gasteiger partial charge < -0.3 is 4.90 Å². The molecule has 2 nitrogen and oxygen atoms in total. The van der Waals surface area contributed by atoms with Crippen molar-refractivity contribution in [2.75, 3.05) is 32.7 Å². The monoisotopic (exact) mass is 224 g/mol. The van der Waals surface area contributed by atoms with E-state index in [1.54, 1.807) is 0 Å². The van der Waals surface area contributed by atoms with Crippen LogP contribution in [0.2, 0.25) is 0 Å². The Morgan fingerprint density at radius 3 is 2.31 bits per heavy atom. The van der Waals surface area contributed by atoms with Crippen LogP contribution in [-0.2, 0) is 0 Å². The van der Waals surface area contributed by atoms with Crippen LogP contribution in [0.5, 0.6) is 0 Å². The van der Waals surface area contributed by atoms with Crippen molar-refractivity contribution in [3.05, 3.63) is 0 Å². The summed E-state index contributed by atoms with van der Waals surface area (Å²) in [6.45, 7) is 11.3. The van der Waals surface area contributed by atoms with Gasteiger partial charge in [0.15, 0.2) is 0 Å². The van der Waals surface area contributed by atoms with Gasteiger partial charge in [-0.25, -0.2) is 0 Å². The van der Waals surface area contributed by atoms with E-state index in [2.05, 4.69) is 23.6 Å². The minimum atomic E-state index is 0.822. The Balaban J connectivity index is 1.78. The van der Waals surface area contributed by atoms with Crippen molar-refractivity contribution in [1.29, 1.82) is 0 Å². The summed E-state index contributed by atoms with van der Waals surface area (Å²) in [5.41, 5.74) is 0. The summed E-state index contributed by atoms with van der Waals surface area (Å²) in [6.07, 6.45) is 7.19. The smallest absolute Gasteiger partial charge is 0.0235 e. The van der Waals surface area contributed by atoms with Gasteiger partial charge in [0, 0.05) is 19.1 Å². The van der Waals surface area contributed by atoms with Crippen molar-refractivity contribution in [2.45, 2.75) is 52.0 Å². The molecule has 0 spiro atoms. The quantitative estimate of drug-likeness (QED) is 0.727. The zero-order valence-corrected chi connectivity index (χ0v) is 11.1.